The summed E-state index contributed by atoms with van der Waals surface area (Å²) in [6.07, 6.45) is 4.91. The summed E-state index contributed by atoms with van der Waals surface area (Å²) in [6, 6.07) is 10.1. The third kappa shape index (κ3) is 5.97. The predicted octanol–water partition coefficient (Wildman–Crippen LogP) is 1.71. The molecule has 1 amide bonds. The Balaban J connectivity index is 0.00000220. The van der Waals surface area contributed by atoms with E-state index in [1.807, 2.05) is 29.1 Å². The molecule has 0 aliphatic heterocycles. The highest BCUT2D eigenvalue weighted by Gasteiger charge is 2.02. The average Bonchev–Trinajstić information content (AvgIpc) is 2.96. The van der Waals surface area contributed by atoms with Gasteiger partial charge in [-0.2, -0.15) is 5.10 Å². The Morgan fingerprint density at radius 3 is 2.81 bits per heavy atom. The lowest BCUT2D eigenvalue weighted by Gasteiger charge is -2.07. The molecule has 2 rings (SSSR count). The summed E-state index contributed by atoms with van der Waals surface area (Å²) in [5.41, 5.74) is 7.64. The molecule has 0 unspecified atom stereocenters. The molecule has 1 aromatic carbocycles. The molecule has 1 aromatic heterocycles. The third-order valence-electron chi connectivity index (χ3n) is 2.99. The number of aromatic nitrogens is 2. The fourth-order valence-electron chi connectivity index (χ4n) is 1.97. The van der Waals surface area contributed by atoms with Crippen LogP contribution >= 0.6 is 12.4 Å². The van der Waals surface area contributed by atoms with E-state index in [2.05, 4.69) is 22.5 Å². The Kier molecular flexibility index (Phi) is 7.50. The minimum atomic E-state index is 0. The standard InChI is InChI=1S/C15H20N4O.ClH/c16-7-2-6-15(20)17-11-13-4-1-5-14(10-13)12-19-9-3-8-18-19;/h1,3-5,8-10H,2,6-7,11-12,16H2,(H,17,20);1H. The lowest BCUT2D eigenvalue weighted by molar-refractivity contribution is -0.121. The summed E-state index contributed by atoms with van der Waals surface area (Å²) in [5, 5.41) is 7.09. The van der Waals surface area contributed by atoms with E-state index in [1.165, 1.54) is 5.56 Å². The molecule has 0 aliphatic rings. The Bertz CT molecular complexity index is 542. The first-order valence-electron chi connectivity index (χ1n) is 6.80. The first kappa shape index (κ1) is 17.2. The molecule has 0 spiro atoms. The van der Waals surface area contributed by atoms with Crippen LogP contribution in [-0.4, -0.2) is 22.2 Å². The van der Waals surface area contributed by atoms with Gasteiger partial charge in [-0.25, -0.2) is 0 Å². The first-order valence-corrected chi connectivity index (χ1v) is 6.80. The number of hydrogen-bond donors (Lipinski definition) is 2. The third-order valence-corrected chi connectivity index (χ3v) is 2.99. The molecule has 3 N–H and O–H groups in total. The average molecular weight is 309 g/mol. The Hall–Kier alpha value is -1.85. The van der Waals surface area contributed by atoms with Gasteiger partial charge in [-0.05, 0) is 30.2 Å². The maximum absolute atomic E-state index is 11.5. The fraction of sp³-hybridized carbons (Fsp3) is 0.333. The topological polar surface area (TPSA) is 72.9 Å². The van der Waals surface area contributed by atoms with E-state index < -0.39 is 0 Å². The number of benzene rings is 1. The zero-order chi connectivity index (χ0) is 14.2. The minimum absolute atomic E-state index is 0. The SMILES string of the molecule is Cl.NCCCC(=O)NCc1cccc(Cn2cccn2)c1. The van der Waals surface area contributed by atoms with Crippen LogP contribution in [-0.2, 0) is 17.9 Å². The summed E-state index contributed by atoms with van der Waals surface area (Å²) < 4.78 is 1.87. The first-order chi connectivity index (χ1) is 9.78. The maximum Gasteiger partial charge on any atom is 0.220 e. The molecule has 21 heavy (non-hydrogen) atoms. The van der Waals surface area contributed by atoms with Crippen molar-refractivity contribution in [3.05, 3.63) is 53.9 Å². The van der Waals surface area contributed by atoms with E-state index in [-0.39, 0.29) is 18.3 Å². The maximum atomic E-state index is 11.5. The van der Waals surface area contributed by atoms with Crippen molar-refractivity contribution >= 4 is 18.3 Å². The second-order valence-corrected chi connectivity index (χ2v) is 4.69. The van der Waals surface area contributed by atoms with Gasteiger partial charge >= 0.3 is 0 Å². The van der Waals surface area contributed by atoms with Gasteiger partial charge in [-0.3, -0.25) is 9.48 Å². The largest absolute Gasteiger partial charge is 0.352 e. The normalized spacial score (nSPS) is 9.95. The number of nitrogens with two attached hydrogens (primary N) is 1. The van der Waals surface area contributed by atoms with Crippen LogP contribution in [0.15, 0.2) is 42.7 Å². The van der Waals surface area contributed by atoms with Crippen LogP contribution in [0, 0.1) is 0 Å². The molecular formula is C15H21ClN4O. The molecule has 1 heterocycles. The molecule has 0 radical (unpaired) electrons. The number of amides is 1. The molecule has 0 aliphatic carbocycles. The van der Waals surface area contributed by atoms with E-state index in [0.717, 1.165) is 18.5 Å². The van der Waals surface area contributed by atoms with Crippen molar-refractivity contribution in [2.45, 2.75) is 25.9 Å². The minimum Gasteiger partial charge on any atom is -0.352 e. The van der Waals surface area contributed by atoms with Gasteiger partial charge in [-0.1, -0.05) is 24.3 Å². The van der Waals surface area contributed by atoms with Gasteiger partial charge in [0.25, 0.3) is 0 Å². The highest BCUT2D eigenvalue weighted by molar-refractivity contribution is 5.85. The summed E-state index contributed by atoms with van der Waals surface area (Å²) in [5.74, 6) is 0.0490. The quantitative estimate of drug-likeness (QED) is 0.818. The van der Waals surface area contributed by atoms with Gasteiger partial charge < -0.3 is 11.1 Å². The van der Waals surface area contributed by atoms with Gasteiger partial charge in [0.05, 0.1) is 6.54 Å². The van der Waals surface area contributed by atoms with E-state index in [0.29, 0.717) is 19.5 Å². The monoisotopic (exact) mass is 308 g/mol. The van der Waals surface area contributed by atoms with E-state index in [1.54, 1.807) is 6.20 Å². The molecular weight excluding hydrogens is 288 g/mol. The molecule has 6 heteroatoms. The molecule has 5 nitrogen and oxygen atoms in total. The number of halogens is 1. The number of nitrogens with one attached hydrogen (secondary N) is 1. The lowest BCUT2D eigenvalue weighted by atomic mass is 10.1. The smallest absolute Gasteiger partial charge is 0.220 e. The van der Waals surface area contributed by atoms with Gasteiger partial charge in [0, 0.05) is 25.4 Å². The summed E-state index contributed by atoms with van der Waals surface area (Å²) in [6.45, 7) is 1.84. The number of hydrogen-bond acceptors (Lipinski definition) is 3. The van der Waals surface area contributed by atoms with Crippen molar-refractivity contribution < 1.29 is 4.79 Å². The second-order valence-electron chi connectivity index (χ2n) is 4.69. The molecule has 114 valence electrons. The van der Waals surface area contributed by atoms with E-state index in [9.17, 15) is 4.79 Å². The highest BCUT2D eigenvalue weighted by atomic mass is 35.5. The summed E-state index contributed by atoms with van der Waals surface area (Å²) in [4.78, 5) is 11.5. The zero-order valence-corrected chi connectivity index (χ0v) is 12.7. The number of rotatable bonds is 7. The van der Waals surface area contributed by atoms with Gasteiger partial charge in [-0.15, -0.1) is 12.4 Å². The van der Waals surface area contributed by atoms with Crippen LogP contribution in [0.5, 0.6) is 0 Å². The molecule has 0 fully saturated rings. The van der Waals surface area contributed by atoms with E-state index >= 15 is 0 Å². The van der Waals surface area contributed by atoms with E-state index in [4.69, 9.17) is 5.73 Å². The van der Waals surface area contributed by atoms with Crippen LogP contribution in [0.2, 0.25) is 0 Å². The summed E-state index contributed by atoms with van der Waals surface area (Å²) in [7, 11) is 0. The van der Waals surface area contributed by atoms with Gasteiger partial charge in [0.1, 0.15) is 0 Å². The van der Waals surface area contributed by atoms with Gasteiger partial charge in [0.15, 0.2) is 0 Å². The fourth-order valence-corrected chi connectivity index (χ4v) is 1.97. The van der Waals surface area contributed by atoms with Crippen LogP contribution in [0.1, 0.15) is 24.0 Å². The van der Waals surface area contributed by atoms with Crippen molar-refractivity contribution in [3.8, 4) is 0 Å². The van der Waals surface area contributed by atoms with Crippen LogP contribution in [0.3, 0.4) is 0 Å². The Morgan fingerprint density at radius 2 is 2.10 bits per heavy atom. The van der Waals surface area contributed by atoms with Crippen molar-refractivity contribution in [1.29, 1.82) is 0 Å². The van der Waals surface area contributed by atoms with Crippen LogP contribution in [0.4, 0.5) is 0 Å². The zero-order valence-electron chi connectivity index (χ0n) is 11.9. The van der Waals surface area contributed by atoms with Crippen LogP contribution < -0.4 is 11.1 Å². The van der Waals surface area contributed by atoms with Crippen molar-refractivity contribution in [2.75, 3.05) is 6.54 Å². The van der Waals surface area contributed by atoms with Crippen molar-refractivity contribution in [3.63, 3.8) is 0 Å². The molecule has 0 atom stereocenters. The number of carbonyl (C=O) groups is 1. The number of nitrogens with zero attached hydrogens (tertiary/aromatic N) is 2. The number of carbonyl (C=O) groups excluding carboxylic acids is 1. The molecule has 0 bridgehead atoms. The Morgan fingerprint density at radius 1 is 1.29 bits per heavy atom. The molecule has 0 saturated carbocycles. The summed E-state index contributed by atoms with van der Waals surface area (Å²) >= 11 is 0. The Labute approximate surface area is 130 Å². The van der Waals surface area contributed by atoms with Crippen molar-refractivity contribution in [1.82, 2.24) is 15.1 Å². The molecule has 2 aromatic rings. The molecule has 0 saturated heterocycles. The highest BCUT2D eigenvalue weighted by Crippen LogP contribution is 2.07. The van der Waals surface area contributed by atoms with Crippen molar-refractivity contribution in [2.24, 2.45) is 5.73 Å². The second kappa shape index (κ2) is 9.15. The lowest BCUT2D eigenvalue weighted by Crippen LogP contribution is -2.23. The van der Waals surface area contributed by atoms with Crippen LogP contribution in [0.25, 0.3) is 0 Å². The van der Waals surface area contributed by atoms with Gasteiger partial charge in [0.2, 0.25) is 5.91 Å². The predicted molar refractivity (Wildman–Crippen MR) is 85.2 cm³/mol.